The van der Waals surface area contributed by atoms with Crippen LogP contribution in [0.2, 0.25) is 5.02 Å². The molecule has 0 spiro atoms. The number of rotatable bonds is 8. The molecule has 1 amide bonds. The van der Waals surface area contributed by atoms with Gasteiger partial charge in [-0.2, -0.15) is 13.7 Å². The van der Waals surface area contributed by atoms with Gasteiger partial charge in [-0.3, -0.25) is 4.79 Å². The molecule has 0 unspecified atom stereocenters. The van der Waals surface area contributed by atoms with Crippen LogP contribution in [0.25, 0.3) is 6.08 Å². The van der Waals surface area contributed by atoms with Gasteiger partial charge in [0.15, 0.2) is 5.75 Å². The molecule has 9 heteroatoms. The third kappa shape index (κ3) is 6.41. The Morgan fingerprint density at radius 3 is 2.46 bits per heavy atom. The van der Waals surface area contributed by atoms with Crippen molar-refractivity contribution in [2.24, 2.45) is 0 Å². The van der Waals surface area contributed by atoms with E-state index in [4.69, 9.17) is 20.5 Å². The van der Waals surface area contributed by atoms with Crippen molar-refractivity contribution in [1.82, 2.24) is 0 Å². The highest BCUT2D eigenvalue weighted by atomic mass is 35.5. The van der Waals surface area contributed by atoms with Crippen molar-refractivity contribution >= 4 is 39.4 Å². The summed E-state index contributed by atoms with van der Waals surface area (Å²) < 4.78 is 36.2. The molecule has 180 valence electrons. The van der Waals surface area contributed by atoms with Crippen molar-refractivity contribution < 1.29 is 22.1 Å². The van der Waals surface area contributed by atoms with Crippen LogP contribution in [0.3, 0.4) is 0 Å². The molecule has 0 aliphatic rings. The molecule has 0 aliphatic heterocycles. The first-order valence-corrected chi connectivity index (χ1v) is 12.4. The molecule has 3 aromatic carbocycles. The average Bonchev–Trinajstić information content (AvgIpc) is 2.82. The Morgan fingerprint density at radius 2 is 1.83 bits per heavy atom. The maximum absolute atomic E-state index is 12.7. The number of nitrogens with zero attached hydrogens (tertiary/aromatic N) is 1. The van der Waals surface area contributed by atoms with Gasteiger partial charge in [0.1, 0.15) is 16.5 Å². The van der Waals surface area contributed by atoms with E-state index in [1.807, 2.05) is 32.0 Å². The topological polar surface area (TPSA) is 105 Å². The monoisotopic (exact) mass is 510 g/mol. The lowest BCUT2D eigenvalue weighted by Gasteiger charge is -2.14. The Bertz CT molecular complexity index is 1430. The van der Waals surface area contributed by atoms with Gasteiger partial charge >= 0.3 is 10.1 Å². The minimum Gasteiger partial charge on any atom is -0.490 e. The van der Waals surface area contributed by atoms with Crippen LogP contribution in [0.1, 0.15) is 23.6 Å². The van der Waals surface area contributed by atoms with E-state index >= 15 is 0 Å². The molecule has 0 radical (unpaired) electrons. The molecule has 35 heavy (non-hydrogen) atoms. The van der Waals surface area contributed by atoms with Crippen LogP contribution >= 0.6 is 11.6 Å². The molecular formula is C26H23ClN2O5S. The van der Waals surface area contributed by atoms with E-state index in [9.17, 15) is 18.5 Å². The van der Waals surface area contributed by atoms with Gasteiger partial charge in [-0.1, -0.05) is 47.5 Å². The Hall–Kier alpha value is -3.80. The van der Waals surface area contributed by atoms with Gasteiger partial charge in [-0.15, -0.1) is 0 Å². The number of benzene rings is 3. The number of anilines is 1. The van der Waals surface area contributed by atoms with Gasteiger partial charge in [0.25, 0.3) is 5.91 Å². The Balaban J connectivity index is 1.94. The summed E-state index contributed by atoms with van der Waals surface area (Å²) in [6.45, 7) is 5.71. The standard InChI is InChI=1S/C26H23ClN2O5S/c1-4-33-24-15-19(13-20(16-28)26(30)29-23-11-10-17(2)12-18(23)3)14-22(27)25(24)34-35(31,32)21-8-6-5-7-9-21/h5-15H,4H2,1-3H3,(H,29,30)/b20-13+. The molecule has 0 heterocycles. The lowest BCUT2D eigenvalue weighted by atomic mass is 10.1. The minimum atomic E-state index is -4.17. The maximum Gasteiger partial charge on any atom is 0.339 e. The molecule has 0 aliphatic carbocycles. The first kappa shape index (κ1) is 25.8. The molecule has 7 nitrogen and oxygen atoms in total. The van der Waals surface area contributed by atoms with Crippen LogP contribution in [0, 0.1) is 25.2 Å². The van der Waals surface area contributed by atoms with Crippen LogP contribution < -0.4 is 14.2 Å². The summed E-state index contributed by atoms with van der Waals surface area (Å²) in [6.07, 6.45) is 1.34. The first-order chi connectivity index (χ1) is 16.6. The Labute approximate surface area is 209 Å². The zero-order chi connectivity index (χ0) is 25.6. The number of nitrogens with one attached hydrogen (secondary N) is 1. The van der Waals surface area contributed by atoms with Crippen molar-refractivity contribution in [3.63, 3.8) is 0 Å². The predicted molar refractivity (Wildman–Crippen MR) is 135 cm³/mol. The van der Waals surface area contributed by atoms with Crippen molar-refractivity contribution in [3.05, 3.63) is 87.9 Å². The number of halogens is 1. The fraction of sp³-hybridized carbons (Fsp3) is 0.154. The number of ether oxygens (including phenoxy) is 1. The second-order valence-corrected chi connectivity index (χ2v) is 9.51. The zero-order valence-corrected chi connectivity index (χ0v) is 20.9. The van der Waals surface area contributed by atoms with Crippen LogP contribution in [0.4, 0.5) is 5.69 Å². The molecule has 0 bridgehead atoms. The second-order valence-electron chi connectivity index (χ2n) is 7.56. The number of carbonyl (C=O) groups excluding carboxylic acids is 1. The van der Waals surface area contributed by atoms with Gasteiger partial charge in [0.2, 0.25) is 5.75 Å². The summed E-state index contributed by atoms with van der Waals surface area (Å²) in [4.78, 5) is 12.7. The smallest absolute Gasteiger partial charge is 0.339 e. The molecular weight excluding hydrogens is 488 g/mol. The molecule has 0 aromatic heterocycles. The van der Waals surface area contributed by atoms with E-state index in [2.05, 4.69) is 5.32 Å². The number of amides is 1. The van der Waals surface area contributed by atoms with Gasteiger partial charge in [-0.05, 0) is 68.3 Å². The van der Waals surface area contributed by atoms with E-state index < -0.39 is 16.0 Å². The highest BCUT2D eigenvalue weighted by Crippen LogP contribution is 2.39. The Morgan fingerprint density at radius 1 is 1.11 bits per heavy atom. The molecule has 3 aromatic rings. The van der Waals surface area contributed by atoms with Crippen molar-refractivity contribution in [2.75, 3.05) is 11.9 Å². The normalized spacial score (nSPS) is 11.5. The van der Waals surface area contributed by atoms with E-state index in [1.54, 1.807) is 31.2 Å². The summed E-state index contributed by atoms with van der Waals surface area (Å²) in [7, 11) is -4.17. The number of hydrogen-bond donors (Lipinski definition) is 1. The molecule has 0 saturated carbocycles. The van der Waals surface area contributed by atoms with Gasteiger partial charge in [-0.25, -0.2) is 0 Å². The van der Waals surface area contributed by atoms with Crippen molar-refractivity contribution in [2.45, 2.75) is 25.7 Å². The highest BCUT2D eigenvalue weighted by Gasteiger charge is 2.22. The highest BCUT2D eigenvalue weighted by molar-refractivity contribution is 7.87. The average molecular weight is 511 g/mol. The van der Waals surface area contributed by atoms with Gasteiger partial charge in [0, 0.05) is 5.69 Å². The van der Waals surface area contributed by atoms with Crippen molar-refractivity contribution in [3.8, 4) is 17.6 Å². The van der Waals surface area contributed by atoms with E-state index in [0.29, 0.717) is 11.3 Å². The van der Waals surface area contributed by atoms with E-state index in [1.165, 1.54) is 30.3 Å². The number of nitriles is 1. The number of carbonyl (C=O) groups is 1. The minimum absolute atomic E-state index is 0.0441. The first-order valence-electron chi connectivity index (χ1n) is 10.6. The second kappa shape index (κ2) is 11.1. The molecule has 1 N–H and O–H groups in total. The lowest BCUT2D eigenvalue weighted by Crippen LogP contribution is -2.14. The van der Waals surface area contributed by atoms with Gasteiger partial charge in [0.05, 0.1) is 11.6 Å². The van der Waals surface area contributed by atoms with Crippen LogP contribution in [-0.2, 0) is 14.9 Å². The number of aryl methyl sites for hydroxylation is 2. The summed E-state index contributed by atoms with van der Waals surface area (Å²) in [6, 6.07) is 17.9. The Kier molecular flexibility index (Phi) is 8.18. The fourth-order valence-electron chi connectivity index (χ4n) is 3.22. The third-order valence-electron chi connectivity index (χ3n) is 4.86. The van der Waals surface area contributed by atoms with E-state index in [0.717, 1.165) is 11.1 Å². The molecule has 3 rings (SSSR count). The van der Waals surface area contributed by atoms with Crippen LogP contribution in [-0.4, -0.2) is 20.9 Å². The van der Waals surface area contributed by atoms with Gasteiger partial charge < -0.3 is 14.2 Å². The van der Waals surface area contributed by atoms with Crippen LogP contribution in [0.5, 0.6) is 11.5 Å². The molecule has 0 atom stereocenters. The molecule has 0 saturated heterocycles. The van der Waals surface area contributed by atoms with Crippen molar-refractivity contribution in [1.29, 1.82) is 5.26 Å². The third-order valence-corrected chi connectivity index (χ3v) is 6.38. The number of hydrogen-bond acceptors (Lipinski definition) is 6. The summed E-state index contributed by atoms with van der Waals surface area (Å²) in [5.41, 5.74) is 2.68. The summed E-state index contributed by atoms with van der Waals surface area (Å²) >= 11 is 6.35. The summed E-state index contributed by atoms with van der Waals surface area (Å²) in [5.74, 6) is -0.730. The zero-order valence-electron chi connectivity index (χ0n) is 19.3. The lowest BCUT2D eigenvalue weighted by molar-refractivity contribution is -0.112. The van der Waals surface area contributed by atoms with E-state index in [-0.39, 0.29) is 33.6 Å². The maximum atomic E-state index is 12.7. The largest absolute Gasteiger partial charge is 0.490 e. The summed E-state index contributed by atoms with van der Waals surface area (Å²) in [5, 5.41) is 12.2. The SMILES string of the molecule is CCOc1cc(/C=C(\C#N)C(=O)Nc2ccc(C)cc2C)cc(Cl)c1OS(=O)(=O)c1ccccc1. The predicted octanol–water partition coefficient (Wildman–Crippen LogP) is 5.67. The fourth-order valence-corrected chi connectivity index (χ4v) is 4.50. The van der Waals surface area contributed by atoms with Crippen LogP contribution in [0.15, 0.2) is 71.1 Å². The molecule has 0 fully saturated rings. The quantitative estimate of drug-likeness (QED) is 0.238.